The van der Waals surface area contributed by atoms with Gasteiger partial charge in [0.15, 0.2) is 5.18 Å². The second kappa shape index (κ2) is 5.17. The fraction of sp³-hybridized carbons (Fsp3) is 0.273. The summed E-state index contributed by atoms with van der Waals surface area (Å²) in [6.45, 7) is 3.91. The lowest BCUT2D eigenvalue weighted by molar-refractivity contribution is 0.396. The molecular formula is C11H14NO2+. The van der Waals surface area contributed by atoms with Crippen molar-refractivity contribution in [1.29, 1.82) is 0 Å². The summed E-state index contributed by atoms with van der Waals surface area (Å²) in [7, 11) is 0. The fourth-order valence-corrected chi connectivity index (χ4v) is 0.833. The summed E-state index contributed by atoms with van der Waals surface area (Å²) in [5.74, 6) is -0.0547. The molecule has 0 heterocycles. The number of allylic oxidation sites excluding steroid dienone is 1. The van der Waals surface area contributed by atoms with Crippen molar-refractivity contribution in [3.8, 4) is 0 Å². The van der Waals surface area contributed by atoms with Crippen LogP contribution in [-0.2, 0) is 6.61 Å². The average molecular weight is 192 g/mol. The van der Waals surface area contributed by atoms with E-state index in [1.807, 2.05) is 30.3 Å². The van der Waals surface area contributed by atoms with Crippen LogP contribution in [0.3, 0.4) is 0 Å². The van der Waals surface area contributed by atoms with Crippen LogP contribution >= 0.6 is 0 Å². The van der Waals surface area contributed by atoms with Gasteiger partial charge in [-0.25, -0.2) is 0 Å². The second-order valence-electron chi connectivity index (χ2n) is 3.17. The van der Waals surface area contributed by atoms with Gasteiger partial charge in [-0.1, -0.05) is 18.2 Å². The molecule has 0 unspecified atom stereocenters. The lowest BCUT2D eigenvalue weighted by atomic mass is 10.2. The Bertz CT molecular complexity index is 338. The van der Waals surface area contributed by atoms with Crippen molar-refractivity contribution in [3.05, 3.63) is 51.9 Å². The highest BCUT2D eigenvalue weighted by molar-refractivity contribution is 5.16. The molecule has 0 saturated heterocycles. The molecule has 74 valence electrons. The molecule has 0 aliphatic heterocycles. The first-order chi connectivity index (χ1) is 6.70. The lowest BCUT2D eigenvalue weighted by Crippen LogP contribution is -1.82. The van der Waals surface area contributed by atoms with Crippen molar-refractivity contribution in [2.75, 3.05) is 0 Å². The van der Waals surface area contributed by atoms with Crippen LogP contribution in [0.4, 0.5) is 0 Å². The minimum atomic E-state index is -0.0547. The van der Waals surface area contributed by atoms with Gasteiger partial charge in [-0.05, 0) is 31.6 Å². The number of rotatable bonds is 3. The minimum Gasteiger partial charge on any atom is -0.488 e. The molecule has 3 nitrogen and oxygen atoms in total. The third kappa shape index (κ3) is 3.39. The fourth-order valence-electron chi connectivity index (χ4n) is 0.833. The van der Waals surface area contributed by atoms with Gasteiger partial charge in [-0.15, -0.1) is 4.54 Å². The van der Waals surface area contributed by atoms with E-state index in [4.69, 9.17) is 4.54 Å². The third-order valence-electron chi connectivity index (χ3n) is 1.67. The minimum absolute atomic E-state index is 0.0547. The Labute approximate surface area is 83.4 Å². The highest BCUT2D eigenvalue weighted by Crippen LogP contribution is 2.03. The summed E-state index contributed by atoms with van der Waals surface area (Å²) in [6, 6.07) is 9.68. The van der Waals surface area contributed by atoms with Gasteiger partial charge in [0.2, 0.25) is 0 Å². The van der Waals surface area contributed by atoms with E-state index in [0.717, 1.165) is 11.1 Å². The zero-order valence-corrected chi connectivity index (χ0v) is 8.40. The summed E-state index contributed by atoms with van der Waals surface area (Å²) < 4.78 is 4.96. The van der Waals surface area contributed by atoms with Crippen LogP contribution in [-0.4, -0.2) is 5.11 Å². The molecule has 1 rings (SSSR count). The van der Waals surface area contributed by atoms with Crippen LogP contribution in [0.15, 0.2) is 47.0 Å². The van der Waals surface area contributed by atoms with Gasteiger partial charge in [0, 0.05) is 0 Å². The normalized spacial score (nSPS) is 10.4. The maximum Gasteiger partial charge on any atom is 0.331 e. The maximum absolute atomic E-state index is 9.19. The number of aliphatic hydroxyl groups is 1. The smallest absolute Gasteiger partial charge is 0.331 e. The van der Waals surface area contributed by atoms with E-state index in [1.54, 1.807) is 13.8 Å². The molecule has 0 aromatic heterocycles. The van der Waals surface area contributed by atoms with Crippen LogP contribution in [0, 0.1) is 4.54 Å². The molecule has 0 amide bonds. The Balaban J connectivity index is 2.54. The van der Waals surface area contributed by atoms with E-state index in [0.29, 0.717) is 6.61 Å². The molecular weight excluding hydrogens is 178 g/mol. The van der Waals surface area contributed by atoms with E-state index in [-0.39, 0.29) is 5.88 Å². The Hall–Kier alpha value is -1.64. The average Bonchev–Trinajstić information content (AvgIpc) is 2.19. The van der Waals surface area contributed by atoms with Gasteiger partial charge in [-0.3, -0.25) is 0 Å². The number of hydrogen-bond acceptors (Lipinski definition) is 2. The molecule has 0 aliphatic carbocycles. The predicted molar refractivity (Wildman–Crippen MR) is 56.9 cm³/mol. The molecule has 1 aromatic carbocycles. The maximum atomic E-state index is 9.19. The topological polar surface area (TPSA) is 43.9 Å². The van der Waals surface area contributed by atoms with Gasteiger partial charge < -0.3 is 5.11 Å². The lowest BCUT2D eigenvalue weighted by Gasteiger charge is -1.86. The number of aliphatic hydroxyl groups excluding tert-OH is 1. The Morgan fingerprint density at radius 3 is 2.50 bits per heavy atom. The van der Waals surface area contributed by atoms with Gasteiger partial charge >= 0.3 is 12.5 Å². The zero-order valence-electron chi connectivity index (χ0n) is 8.40. The summed E-state index contributed by atoms with van der Waals surface area (Å²) in [5.41, 5.74) is 1.76. The van der Waals surface area contributed by atoms with Crippen LogP contribution in [0.5, 0.6) is 0 Å². The van der Waals surface area contributed by atoms with Crippen LogP contribution in [0.2, 0.25) is 0 Å². The van der Waals surface area contributed by atoms with Crippen LogP contribution in [0.1, 0.15) is 19.4 Å². The Morgan fingerprint density at radius 1 is 1.29 bits per heavy atom. The molecule has 3 heteroatoms. The zero-order chi connectivity index (χ0) is 10.4. The predicted octanol–water partition coefficient (Wildman–Crippen LogP) is 3.30. The standard InChI is InChI=1S/C11H13NO2/c1-9(2)11(13)12-14-8-10-6-4-3-5-7-10/h3-7H,8H2,1-2H3/p+1. The first-order valence-corrected chi connectivity index (χ1v) is 4.43. The summed E-state index contributed by atoms with van der Waals surface area (Å²) in [5, 5.41) is 12.7. The molecule has 0 radical (unpaired) electrons. The first-order valence-electron chi connectivity index (χ1n) is 4.43. The van der Waals surface area contributed by atoms with Crippen LogP contribution < -0.4 is 0 Å². The van der Waals surface area contributed by atoms with E-state index in [2.05, 4.69) is 5.18 Å². The van der Waals surface area contributed by atoms with E-state index < -0.39 is 0 Å². The van der Waals surface area contributed by atoms with Crippen LogP contribution in [0.25, 0.3) is 0 Å². The van der Waals surface area contributed by atoms with E-state index in [1.165, 1.54) is 0 Å². The van der Waals surface area contributed by atoms with Crippen molar-refractivity contribution >= 4 is 0 Å². The van der Waals surface area contributed by atoms with Crippen molar-refractivity contribution in [3.63, 3.8) is 0 Å². The number of hydrogen-bond donors (Lipinski definition) is 1. The number of nitroso groups, excluding NO2 is 1. The molecule has 14 heavy (non-hydrogen) atoms. The summed E-state index contributed by atoms with van der Waals surface area (Å²) >= 11 is 0. The van der Waals surface area contributed by atoms with Crippen molar-refractivity contribution < 1.29 is 5.11 Å². The van der Waals surface area contributed by atoms with Gasteiger partial charge in [0.25, 0.3) is 0 Å². The van der Waals surface area contributed by atoms with Crippen molar-refractivity contribution in [1.82, 2.24) is 0 Å². The SMILES string of the molecule is CC(C)=C(O)N=[O+]Cc1ccccc1. The van der Waals surface area contributed by atoms with E-state index >= 15 is 0 Å². The highest BCUT2D eigenvalue weighted by atomic mass is 16.5. The van der Waals surface area contributed by atoms with Crippen molar-refractivity contribution in [2.24, 2.45) is 5.18 Å². The molecule has 0 atom stereocenters. The quantitative estimate of drug-likeness (QED) is 0.579. The molecule has 1 aromatic rings. The van der Waals surface area contributed by atoms with E-state index in [9.17, 15) is 5.11 Å². The molecule has 0 bridgehead atoms. The summed E-state index contributed by atoms with van der Waals surface area (Å²) in [4.78, 5) is 0. The van der Waals surface area contributed by atoms with Gasteiger partial charge in [0.1, 0.15) is 0 Å². The molecule has 0 spiro atoms. The van der Waals surface area contributed by atoms with Gasteiger partial charge in [-0.2, -0.15) is 0 Å². The second-order valence-corrected chi connectivity index (χ2v) is 3.17. The number of nitrogens with zero attached hydrogens (tertiary/aromatic N) is 1. The monoisotopic (exact) mass is 192 g/mol. The highest BCUT2D eigenvalue weighted by Gasteiger charge is 2.02. The van der Waals surface area contributed by atoms with Crippen molar-refractivity contribution in [2.45, 2.75) is 20.5 Å². The molecule has 0 saturated carbocycles. The molecule has 0 fully saturated rings. The summed E-state index contributed by atoms with van der Waals surface area (Å²) in [6.07, 6.45) is 0. The first kappa shape index (κ1) is 10.4. The Kier molecular flexibility index (Phi) is 3.85. The Morgan fingerprint density at radius 2 is 1.93 bits per heavy atom. The molecule has 1 N–H and O–H groups in total. The largest absolute Gasteiger partial charge is 0.488 e. The van der Waals surface area contributed by atoms with Gasteiger partial charge in [0.05, 0.1) is 5.56 Å². The third-order valence-corrected chi connectivity index (χ3v) is 1.67. The number of benzene rings is 1. The molecule has 0 aliphatic rings.